The van der Waals surface area contributed by atoms with Crippen molar-refractivity contribution in [3.63, 3.8) is 0 Å². The molecule has 0 aliphatic heterocycles. The molecule has 0 saturated heterocycles. The topological polar surface area (TPSA) is 38.9 Å². The fourth-order valence-corrected chi connectivity index (χ4v) is 1.66. The quantitative estimate of drug-likeness (QED) is 0.818. The van der Waals surface area contributed by atoms with Crippen LogP contribution in [0.15, 0.2) is 28.8 Å². The minimum absolute atomic E-state index is 0.290. The highest BCUT2D eigenvalue weighted by Crippen LogP contribution is 2.22. The molecule has 2 rings (SSSR count). The normalized spacial score (nSPS) is 11.8. The molecule has 96 valence electrons. The molecule has 18 heavy (non-hydrogen) atoms. The van der Waals surface area contributed by atoms with Gasteiger partial charge in [-0.25, -0.2) is 0 Å². The van der Waals surface area contributed by atoms with E-state index in [1.54, 1.807) is 0 Å². The molecule has 0 N–H and O–H groups in total. The van der Waals surface area contributed by atoms with Gasteiger partial charge in [0.2, 0.25) is 11.7 Å². The fraction of sp³-hybridized carbons (Fsp3) is 0.467. The molecule has 0 amide bonds. The Morgan fingerprint density at radius 1 is 1.11 bits per heavy atom. The zero-order valence-corrected chi connectivity index (χ0v) is 11.5. The standard InChI is InChI=1S/C15H20N2O/c1-11-5-7-12(8-6-11)14-16-13(18-17-14)9-10-15(2,3)4/h5-8H,9-10H2,1-4H3. The molecule has 0 atom stereocenters. The fourth-order valence-electron chi connectivity index (χ4n) is 1.66. The maximum atomic E-state index is 5.28. The highest BCUT2D eigenvalue weighted by atomic mass is 16.5. The van der Waals surface area contributed by atoms with E-state index < -0.39 is 0 Å². The van der Waals surface area contributed by atoms with E-state index in [2.05, 4.69) is 50.0 Å². The average molecular weight is 244 g/mol. The van der Waals surface area contributed by atoms with E-state index >= 15 is 0 Å². The van der Waals surface area contributed by atoms with Gasteiger partial charge in [-0.05, 0) is 18.8 Å². The van der Waals surface area contributed by atoms with Crippen molar-refractivity contribution in [3.8, 4) is 11.4 Å². The van der Waals surface area contributed by atoms with Crippen LogP contribution < -0.4 is 0 Å². The van der Waals surface area contributed by atoms with Crippen LogP contribution in [0.1, 0.15) is 38.6 Å². The predicted octanol–water partition coefficient (Wildman–Crippen LogP) is 4.02. The summed E-state index contributed by atoms with van der Waals surface area (Å²) in [5.41, 5.74) is 2.53. The second-order valence-corrected chi connectivity index (χ2v) is 5.94. The minimum Gasteiger partial charge on any atom is -0.339 e. The molecule has 0 unspecified atom stereocenters. The summed E-state index contributed by atoms with van der Waals surface area (Å²) in [6.07, 6.45) is 1.88. The first-order chi connectivity index (χ1) is 8.44. The van der Waals surface area contributed by atoms with Crippen molar-refractivity contribution in [2.75, 3.05) is 0 Å². The summed E-state index contributed by atoms with van der Waals surface area (Å²) in [4.78, 5) is 4.44. The van der Waals surface area contributed by atoms with Crippen LogP contribution in [-0.2, 0) is 6.42 Å². The van der Waals surface area contributed by atoms with E-state index in [1.165, 1.54) is 5.56 Å². The van der Waals surface area contributed by atoms with Gasteiger partial charge in [0.1, 0.15) is 0 Å². The van der Waals surface area contributed by atoms with Crippen molar-refractivity contribution in [1.29, 1.82) is 0 Å². The predicted molar refractivity (Wildman–Crippen MR) is 72.2 cm³/mol. The SMILES string of the molecule is Cc1ccc(-c2noc(CCC(C)(C)C)n2)cc1. The van der Waals surface area contributed by atoms with E-state index in [-0.39, 0.29) is 0 Å². The van der Waals surface area contributed by atoms with Crippen LogP contribution in [0.5, 0.6) is 0 Å². The van der Waals surface area contributed by atoms with Crippen LogP contribution in [0.4, 0.5) is 0 Å². The van der Waals surface area contributed by atoms with Gasteiger partial charge in [0.15, 0.2) is 0 Å². The number of rotatable bonds is 3. The molecule has 0 fully saturated rings. The van der Waals surface area contributed by atoms with Crippen molar-refractivity contribution < 1.29 is 4.52 Å². The van der Waals surface area contributed by atoms with Crippen molar-refractivity contribution in [1.82, 2.24) is 10.1 Å². The Morgan fingerprint density at radius 2 is 1.78 bits per heavy atom. The summed E-state index contributed by atoms with van der Waals surface area (Å²) in [5, 5.41) is 4.03. The van der Waals surface area contributed by atoms with Crippen LogP contribution in [0.3, 0.4) is 0 Å². The monoisotopic (exact) mass is 244 g/mol. The van der Waals surface area contributed by atoms with E-state index in [1.807, 2.05) is 12.1 Å². The molecule has 3 nitrogen and oxygen atoms in total. The summed E-state index contributed by atoms with van der Waals surface area (Å²) < 4.78 is 5.28. The van der Waals surface area contributed by atoms with E-state index in [4.69, 9.17) is 4.52 Å². The average Bonchev–Trinajstić information content (AvgIpc) is 2.75. The number of benzene rings is 1. The van der Waals surface area contributed by atoms with Crippen LogP contribution in [0.2, 0.25) is 0 Å². The van der Waals surface area contributed by atoms with E-state index in [0.717, 1.165) is 24.3 Å². The van der Waals surface area contributed by atoms with Crippen molar-refractivity contribution >= 4 is 0 Å². The van der Waals surface area contributed by atoms with Gasteiger partial charge >= 0.3 is 0 Å². The van der Waals surface area contributed by atoms with Gasteiger partial charge in [0.05, 0.1) is 0 Å². The highest BCUT2D eigenvalue weighted by molar-refractivity contribution is 5.54. The lowest BCUT2D eigenvalue weighted by Crippen LogP contribution is -2.06. The molecular weight excluding hydrogens is 224 g/mol. The van der Waals surface area contributed by atoms with Gasteiger partial charge in [-0.1, -0.05) is 55.8 Å². The summed E-state index contributed by atoms with van der Waals surface area (Å²) in [6.45, 7) is 8.70. The van der Waals surface area contributed by atoms with E-state index in [0.29, 0.717) is 11.2 Å². The first kappa shape index (κ1) is 12.8. The number of hydrogen-bond donors (Lipinski definition) is 0. The number of aryl methyl sites for hydroxylation is 2. The molecule has 0 saturated carbocycles. The first-order valence-corrected chi connectivity index (χ1v) is 6.34. The molecule has 3 heteroatoms. The Hall–Kier alpha value is -1.64. The van der Waals surface area contributed by atoms with Gasteiger partial charge in [0, 0.05) is 12.0 Å². The lowest BCUT2D eigenvalue weighted by Gasteiger charge is -2.15. The number of hydrogen-bond acceptors (Lipinski definition) is 3. The summed E-state index contributed by atoms with van der Waals surface area (Å²) in [7, 11) is 0. The van der Waals surface area contributed by atoms with Crippen LogP contribution >= 0.6 is 0 Å². The molecule has 1 heterocycles. The van der Waals surface area contributed by atoms with Crippen molar-refractivity contribution in [2.24, 2.45) is 5.41 Å². The van der Waals surface area contributed by atoms with Crippen molar-refractivity contribution in [2.45, 2.75) is 40.5 Å². The lowest BCUT2D eigenvalue weighted by atomic mass is 9.91. The molecule has 0 aliphatic carbocycles. The lowest BCUT2D eigenvalue weighted by molar-refractivity contribution is 0.327. The third kappa shape index (κ3) is 3.42. The maximum Gasteiger partial charge on any atom is 0.226 e. The van der Waals surface area contributed by atoms with Crippen LogP contribution in [0.25, 0.3) is 11.4 Å². The Bertz CT molecular complexity index is 506. The van der Waals surface area contributed by atoms with Gasteiger partial charge in [-0.15, -0.1) is 0 Å². The number of aromatic nitrogens is 2. The smallest absolute Gasteiger partial charge is 0.226 e. The summed E-state index contributed by atoms with van der Waals surface area (Å²) in [5.74, 6) is 1.40. The second-order valence-electron chi connectivity index (χ2n) is 5.94. The van der Waals surface area contributed by atoms with Crippen LogP contribution in [-0.4, -0.2) is 10.1 Å². The summed E-state index contributed by atoms with van der Waals surface area (Å²) >= 11 is 0. The Morgan fingerprint density at radius 3 is 2.39 bits per heavy atom. The zero-order chi connectivity index (χ0) is 13.2. The maximum absolute atomic E-state index is 5.28. The molecule has 0 aliphatic rings. The first-order valence-electron chi connectivity index (χ1n) is 6.34. The van der Waals surface area contributed by atoms with Crippen LogP contribution in [0, 0.1) is 12.3 Å². The molecular formula is C15H20N2O. The Balaban J connectivity index is 2.08. The van der Waals surface area contributed by atoms with Gasteiger partial charge in [-0.3, -0.25) is 0 Å². The minimum atomic E-state index is 0.290. The third-order valence-corrected chi connectivity index (χ3v) is 2.87. The number of nitrogens with zero attached hydrogens (tertiary/aromatic N) is 2. The largest absolute Gasteiger partial charge is 0.339 e. The Labute approximate surface area is 108 Å². The van der Waals surface area contributed by atoms with Gasteiger partial charge in [0.25, 0.3) is 0 Å². The third-order valence-electron chi connectivity index (χ3n) is 2.87. The van der Waals surface area contributed by atoms with Crippen molar-refractivity contribution in [3.05, 3.63) is 35.7 Å². The molecule has 0 bridgehead atoms. The molecule has 0 spiro atoms. The Kier molecular flexibility index (Phi) is 3.50. The zero-order valence-electron chi connectivity index (χ0n) is 11.5. The van der Waals surface area contributed by atoms with Gasteiger partial charge in [-0.2, -0.15) is 4.98 Å². The second kappa shape index (κ2) is 4.92. The van der Waals surface area contributed by atoms with E-state index in [9.17, 15) is 0 Å². The molecule has 0 radical (unpaired) electrons. The molecule has 1 aromatic heterocycles. The molecule has 2 aromatic rings. The highest BCUT2D eigenvalue weighted by Gasteiger charge is 2.14. The molecule has 1 aromatic carbocycles. The van der Waals surface area contributed by atoms with Gasteiger partial charge < -0.3 is 4.52 Å². The summed E-state index contributed by atoms with van der Waals surface area (Å²) in [6, 6.07) is 8.16.